The first-order valence-corrected chi connectivity index (χ1v) is 8.68. The van der Waals surface area contributed by atoms with Crippen molar-refractivity contribution in [2.24, 2.45) is 0 Å². The van der Waals surface area contributed by atoms with Crippen LogP contribution in [0.3, 0.4) is 0 Å². The zero-order valence-electron chi connectivity index (χ0n) is 13.9. The number of halogens is 2. The zero-order chi connectivity index (χ0) is 17.8. The summed E-state index contributed by atoms with van der Waals surface area (Å²) >= 11 is 1.57. The van der Waals surface area contributed by atoms with Gasteiger partial charge in [0.15, 0.2) is 11.6 Å². The van der Waals surface area contributed by atoms with E-state index in [2.05, 4.69) is 11.9 Å². The largest absolute Gasteiger partial charge is 0.496 e. The maximum atomic E-state index is 13.5. The number of ether oxygens (including phenoxy) is 2. The van der Waals surface area contributed by atoms with Crippen molar-refractivity contribution in [3.63, 3.8) is 0 Å². The predicted octanol–water partition coefficient (Wildman–Crippen LogP) is 5.24. The van der Waals surface area contributed by atoms with Gasteiger partial charge in [-0.2, -0.15) is 0 Å². The van der Waals surface area contributed by atoms with Crippen LogP contribution < -0.4 is 9.47 Å². The van der Waals surface area contributed by atoms with E-state index >= 15 is 0 Å². The Balaban J connectivity index is 1.75. The number of rotatable bonds is 6. The number of methoxy groups -OCH3 is 1. The van der Waals surface area contributed by atoms with Crippen molar-refractivity contribution in [2.45, 2.75) is 20.0 Å². The molecular formula is C19H17F2NO2S. The van der Waals surface area contributed by atoms with Crippen molar-refractivity contribution in [1.82, 2.24) is 4.98 Å². The number of thiazole rings is 1. The number of aryl methyl sites for hydroxylation is 1. The molecule has 0 N–H and O–H groups in total. The fourth-order valence-corrected chi connectivity index (χ4v) is 3.16. The highest BCUT2D eigenvalue weighted by Gasteiger charge is 2.12. The summed E-state index contributed by atoms with van der Waals surface area (Å²) in [5.41, 5.74) is 2.26. The topological polar surface area (TPSA) is 31.4 Å². The van der Waals surface area contributed by atoms with Crippen LogP contribution in [0.5, 0.6) is 11.5 Å². The van der Waals surface area contributed by atoms with Gasteiger partial charge in [0.25, 0.3) is 0 Å². The van der Waals surface area contributed by atoms with Gasteiger partial charge in [-0.1, -0.05) is 19.1 Å². The van der Waals surface area contributed by atoms with Crippen LogP contribution in [0.1, 0.15) is 17.6 Å². The fraction of sp³-hybridized carbons (Fsp3) is 0.211. The van der Waals surface area contributed by atoms with Gasteiger partial charge in [0, 0.05) is 17.0 Å². The molecule has 2 aromatic carbocycles. The maximum Gasteiger partial charge on any atom is 0.162 e. The van der Waals surface area contributed by atoms with Gasteiger partial charge < -0.3 is 9.47 Å². The van der Waals surface area contributed by atoms with Crippen LogP contribution in [0.15, 0.2) is 41.8 Å². The van der Waals surface area contributed by atoms with Gasteiger partial charge in [0.2, 0.25) is 0 Å². The molecule has 0 spiro atoms. The van der Waals surface area contributed by atoms with Gasteiger partial charge in [-0.15, -0.1) is 11.3 Å². The quantitative estimate of drug-likeness (QED) is 0.602. The average molecular weight is 361 g/mol. The van der Waals surface area contributed by atoms with Crippen LogP contribution in [0.2, 0.25) is 0 Å². The highest BCUT2D eigenvalue weighted by molar-refractivity contribution is 7.09. The molecule has 1 heterocycles. The van der Waals surface area contributed by atoms with Crippen molar-refractivity contribution in [3.8, 4) is 22.6 Å². The molecule has 3 aromatic rings. The molecule has 0 unspecified atom stereocenters. The maximum absolute atomic E-state index is 13.5. The van der Waals surface area contributed by atoms with E-state index < -0.39 is 11.6 Å². The molecule has 3 rings (SSSR count). The zero-order valence-corrected chi connectivity index (χ0v) is 14.7. The predicted molar refractivity (Wildman–Crippen MR) is 94.2 cm³/mol. The molecule has 0 amide bonds. The number of benzene rings is 2. The van der Waals surface area contributed by atoms with Crippen molar-refractivity contribution in [1.29, 1.82) is 0 Å². The summed E-state index contributed by atoms with van der Waals surface area (Å²) in [4.78, 5) is 4.45. The molecule has 0 saturated heterocycles. The summed E-state index contributed by atoms with van der Waals surface area (Å²) in [5, 5.41) is 2.94. The SMILES string of the molecule is CCc1csc(COc2ccc(-c3cc(F)c(F)cc3OC)cc2)n1. The molecule has 130 valence electrons. The summed E-state index contributed by atoms with van der Waals surface area (Å²) in [6, 6.07) is 9.30. The second-order valence-electron chi connectivity index (χ2n) is 5.37. The van der Waals surface area contributed by atoms with Crippen molar-refractivity contribution in [3.05, 3.63) is 64.1 Å². The third-order valence-electron chi connectivity index (χ3n) is 3.73. The smallest absolute Gasteiger partial charge is 0.162 e. The molecule has 25 heavy (non-hydrogen) atoms. The van der Waals surface area contributed by atoms with Gasteiger partial charge in [0.05, 0.1) is 12.8 Å². The molecule has 6 heteroatoms. The van der Waals surface area contributed by atoms with E-state index in [0.29, 0.717) is 23.5 Å². The van der Waals surface area contributed by atoms with Crippen molar-refractivity contribution in [2.75, 3.05) is 7.11 Å². The number of hydrogen-bond acceptors (Lipinski definition) is 4. The molecule has 0 aliphatic rings. The Morgan fingerprint density at radius 2 is 1.80 bits per heavy atom. The minimum absolute atomic E-state index is 0.280. The summed E-state index contributed by atoms with van der Waals surface area (Å²) in [6.45, 7) is 2.46. The lowest BCUT2D eigenvalue weighted by Crippen LogP contribution is -1.96. The van der Waals surface area contributed by atoms with Crippen molar-refractivity contribution >= 4 is 11.3 Å². The Morgan fingerprint density at radius 1 is 1.08 bits per heavy atom. The van der Waals surface area contributed by atoms with E-state index in [0.717, 1.165) is 29.3 Å². The molecule has 0 bridgehead atoms. The minimum atomic E-state index is -0.935. The van der Waals surface area contributed by atoms with Gasteiger partial charge >= 0.3 is 0 Å². The summed E-state index contributed by atoms with van der Waals surface area (Å²) in [6.07, 6.45) is 0.904. The molecule has 3 nitrogen and oxygen atoms in total. The van der Waals surface area contributed by atoms with Crippen LogP contribution in [0, 0.1) is 11.6 Å². The van der Waals surface area contributed by atoms with Gasteiger partial charge in [0.1, 0.15) is 23.1 Å². The number of hydrogen-bond donors (Lipinski definition) is 0. The molecule has 0 saturated carbocycles. The lowest BCUT2D eigenvalue weighted by Gasteiger charge is -2.10. The normalized spacial score (nSPS) is 10.7. The first-order valence-electron chi connectivity index (χ1n) is 7.80. The van der Waals surface area contributed by atoms with E-state index in [9.17, 15) is 8.78 Å². The van der Waals surface area contributed by atoms with Crippen LogP contribution in [-0.2, 0) is 13.0 Å². The lowest BCUT2D eigenvalue weighted by atomic mass is 10.0. The molecule has 0 atom stereocenters. The Morgan fingerprint density at radius 3 is 2.44 bits per heavy atom. The minimum Gasteiger partial charge on any atom is -0.496 e. The first kappa shape index (κ1) is 17.4. The highest BCUT2D eigenvalue weighted by atomic mass is 32.1. The Labute approximate surface area is 148 Å². The van der Waals surface area contributed by atoms with Gasteiger partial charge in [-0.05, 0) is 30.2 Å². The third-order valence-corrected chi connectivity index (χ3v) is 4.60. The lowest BCUT2D eigenvalue weighted by molar-refractivity contribution is 0.305. The van der Waals surface area contributed by atoms with Crippen LogP contribution in [0.4, 0.5) is 8.78 Å². The summed E-state index contributed by atoms with van der Waals surface area (Å²) < 4.78 is 37.7. The third kappa shape index (κ3) is 3.96. The number of aromatic nitrogens is 1. The van der Waals surface area contributed by atoms with Crippen LogP contribution in [-0.4, -0.2) is 12.1 Å². The Bertz CT molecular complexity index is 862. The Hall–Kier alpha value is -2.47. The van der Waals surface area contributed by atoms with Crippen molar-refractivity contribution < 1.29 is 18.3 Å². The summed E-state index contributed by atoms with van der Waals surface area (Å²) in [5.74, 6) is -0.886. The molecule has 0 fully saturated rings. The second kappa shape index (κ2) is 7.61. The molecule has 0 aliphatic carbocycles. The molecular weight excluding hydrogens is 344 g/mol. The van der Waals surface area contributed by atoms with E-state index in [4.69, 9.17) is 9.47 Å². The fourth-order valence-electron chi connectivity index (χ4n) is 2.38. The first-order chi connectivity index (χ1) is 12.1. The molecule has 0 radical (unpaired) electrons. The summed E-state index contributed by atoms with van der Waals surface area (Å²) in [7, 11) is 1.42. The van der Waals surface area contributed by atoms with Crippen LogP contribution >= 0.6 is 11.3 Å². The van der Waals surface area contributed by atoms with Crippen LogP contribution in [0.25, 0.3) is 11.1 Å². The van der Waals surface area contributed by atoms with E-state index in [1.165, 1.54) is 7.11 Å². The standard InChI is InChI=1S/C19H17F2NO2S/c1-3-13-11-25-19(22-13)10-24-14-6-4-12(5-7-14)15-8-16(20)17(21)9-18(15)23-2/h4-9,11H,3,10H2,1-2H3. The molecule has 1 aromatic heterocycles. The van der Waals surface area contributed by atoms with Gasteiger partial charge in [-0.25, -0.2) is 13.8 Å². The second-order valence-corrected chi connectivity index (χ2v) is 6.31. The average Bonchev–Trinajstić information content (AvgIpc) is 3.10. The van der Waals surface area contributed by atoms with E-state index in [1.807, 2.05) is 5.38 Å². The Kier molecular flexibility index (Phi) is 5.28. The van der Waals surface area contributed by atoms with E-state index in [1.54, 1.807) is 35.6 Å². The monoisotopic (exact) mass is 361 g/mol. The number of nitrogens with zero attached hydrogens (tertiary/aromatic N) is 1. The highest BCUT2D eigenvalue weighted by Crippen LogP contribution is 2.33. The van der Waals surface area contributed by atoms with Gasteiger partial charge in [-0.3, -0.25) is 0 Å². The van der Waals surface area contributed by atoms with E-state index in [-0.39, 0.29) is 5.75 Å². The molecule has 0 aliphatic heterocycles.